The lowest BCUT2D eigenvalue weighted by atomic mass is 9.57. The number of piperidine rings is 1. The number of nitrogens with zero attached hydrogens (tertiary/aromatic N) is 7. The number of hydrogen-bond donors (Lipinski definition) is 0. The zero-order chi connectivity index (χ0) is 30.7. The van der Waals surface area contributed by atoms with Gasteiger partial charge in [0.15, 0.2) is 0 Å². The number of halogens is 5. The van der Waals surface area contributed by atoms with Gasteiger partial charge in [-0.2, -0.15) is 18.4 Å². The van der Waals surface area contributed by atoms with E-state index in [0.29, 0.717) is 24.9 Å². The van der Waals surface area contributed by atoms with Crippen molar-refractivity contribution in [2.24, 2.45) is 18.9 Å². The lowest BCUT2D eigenvalue weighted by Crippen LogP contribution is -2.45. The van der Waals surface area contributed by atoms with E-state index in [4.69, 9.17) is 0 Å². The van der Waals surface area contributed by atoms with E-state index in [1.54, 1.807) is 29.4 Å². The van der Waals surface area contributed by atoms with Crippen LogP contribution in [0.2, 0.25) is 0 Å². The molecule has 0 bridgehead atoms. The fourth-order valence-corrected chi connectivity index (χ4v) is 6.52. The summed E-state index contributed by atoms with van der Waals surface area (Å²) in [6.45, 7) is 1.52. The maximum atomic E-state index is 14.3. The van der Waals surface area contributed by atoms with E-state index in [-0.39, 0.29) is 43.1 Å². The molecule has 1 aromatic carbocycles. The van der Waals surface area contributed by atoms with Crippen molar-refractivity contribution in [3.05, 3.63) is 82.1 Å². The molecule has 0 spiro atoms. The zero-order valence-electron chi connectivity index (χ0n) is 23.7. The molecule has 1 saturated heterocycles. The Morgan fingerprint density at radius 1 is 1.16 bits per heavy atom. The summed E-state index contributed by atoms with van der Waals surface area (Å²) in [7, 11) is 1.83. The minimum absolute atomic E-state index is 0.0111. The maximum Gasteiger partial charge on any atom is 0.418 e. The molecule has 8 nitrogen and oxygen atoms in total. The van der Waals surface area contributed by atoms with Gasteiger partial charge in [-0.05, 0) is 42.2 Å². The van der Waals surface area contributed by atoms with Crippen LogP contribution in [-0.2, 0) is 31.6 Å². The monoisotopic (exact) mass is 599 g/mol. The number of rotatable bonds is 6. The minimum Gasteiger partial charge on any atom is -0.321 e. The Hall–Kier alpha value is -4.05. The van der Waals surface area contributed by atoms with Crippen LogP contribution < -0.4 is 5.69 Å². The highest BCUT2D eigenvalue weighted by Crippen LogP contribution is 2.50. The van der Waals surface area contributed by atoms with Gasteiger partial charge in [-0.1, -0.05) is 19.1 Å². The van der Waals surface area contributed by atoms with Crippen LogP contribution in [0.5, 0.6) is 0 Å². The van der Waals surface area contributed by atoms with E-state index in [9.17, 15) is 32.0 Å². The highest BCUT2D eigenvalue weighted by atomic mass is 19.4. The molecule has 1 saturated carbocycles. The van der Waals surface area contributed by atoms with Gasteiger partial charge in [-0.3, -0.25) is 13.9 Å². The lowest BCUT2D eigenvalue weighted by Gasteiger charge is -2.45. The third-order valence-corrected chi connectivity index (χ3v) is 9.04. The first-order chi connectivity index (χ1) is 20.3. The van der Waals surface area contributed by atoms with Crippen LogP contribution in [0.4, 0.5) is 22.0 Å². The molecule has 0 radical (unpaired) electrons. The average Bonchev–Trinajstić information content (AvgIpc) is 3.49. The molecule has 4 aromatic rings. The van der Waals surface area contributed by atoms with Gasteiger partial charge in [-0.25, -0.2) is 13.6 Å². The first kappa shape index (κ1) is 29.0. The number of benzene rings is 1. The Morgan fingerprint density at radius 2 is 1.93 bits per heavy atom. The minimum atomic E-state index is -4.75. The maximum absolute atomic E-state index is 14.3. The Bertz CT molecular complexity index is 1770. The molecule has 2 aliphatic rings. The smallest absolute Gasteiger partial charge is 0.321 e. The van der Waals surface area contributed by atoms with Crippen LogP contribution in [0.3, 0.4) is 0 Å². The van der Waals surface area contributed by atoms with Crippen molar-refractivity contribution in [1.29, 1.82) is 5.26 Å². The molecule has 0 N–H and O–H groups in total. The highest BCUT2D eigenvalue weighted by molar-refractivity contribution is 5.58. The number of imidazole rings is 1. The van der Waals surface area contributed by atoms with E-state index in [2.05, 4.69) is 16.3 Å². The van der Waals surface area contributed by atoms with Gasteiger partial charge in [0.2, 0.25) is 0 Å². The molecule has 3 aromatic heterocycles. The van der Waals surface area contributed by atoms with Crippen molar-refractivity contribution in [3.63, 3.8) is 0 Å². The third kappa shape index (κ3) is 5.22. The van der Waals surface area contributed by atoms with Crippen molar-refractivity contribution in [3.8, 4) is 11.8 Å². The van der Waals surface area contributed by atoms with E-state index in [0.717, 1.165) is 21.9 Å². The molecule has 1 unspecified atom stereocenters. The van der Waals surface area contributed by atoms with Gasteiger partial charge in [-0.15, -0.1) is 10.2 Å². The summed E-state index contributed by atoms with van der Waals surface area (Å²) >= 11 is 0. The molecule has 1 aliphatic carbocycles. The topological polar surface area (TPSA) is 84.2 Å². The number of aromatic nitrogens is 5. The number of likely N-dealkylation sites (tertiary alicyclic amines) is 1. The largest absolute Gasteiger partial charge is 0.418 e. The number of fused-ring (bicyclic) bond motifs is 1. The van der Waals surface area contributed by atoms with Crippen molar-refractivity contribution < 1.29 is 22.0 Å². The fraction of sp³-hybridized carbons (Fsp3) is 0.467. The highest BCUT2D eigenvalue weighted by Gasteiger charge is 2.47. The summed E-state index contributed by atoms with van der Waals surface area (Å²) in [5, 5.41) is 17.6. The SMILES string of the molecule is CC1CN(Cc2cc(C(F)(F)F)c3cn(-c4cccc(C5(Cc6nncn6C)CC(C#N)C5)c4)c(=O)n3c2)CCC1(F)F. The summed E-state index contributed by atoms with van der Waals surface area (Å²) in [6.07, 6.45) is 0.699. The zero-order valence-corrected chi connectivity index (χ0v) is 23.7. The second-order valence-electron chi connectivity index (χ2n) is 12.0. The summed E-state index contributed by atoms with van der Waals surface area (Å²) in [6, 6.07) is 10.4. The van der Waals surface area contributed by atoms with Crippen LogP contribution in [0, 0.1) is 23.2 Å². The molecule has 1 atom stereocenters. The standard InChI is InChI=1S/C30H30F5N7O/c1-19-14-40(7-6-29(19,31)32)15-20-8-24(30(33,34)35)25-17-41(27(43)42(25)16-20)23-5-3-4-22(9-23)28(10-21(11-28)13-36)12-26-38-37-18-39(26)2/h3-5,8-9,16-19,21H,6-7,10-12,14-15H2,1-2H3. The van der Waals surface area contributed by atoms with Crippen LogP contribution in [-0.4, -0.2) is 47.6 Å². The first-order valence-corrected chi connectivity index (χ1v) is 14.1. The second-order valence-corrected chi connectivity index (χ2v) is 12.0. The van der Waals surface area contributed by atoms with Gasteiger partial charge >= 0.3 is 11.9 Å². The van der Waals surface area contributed by atoms with E-state index >= 15 is 0 Å². The fourth-order valence-electron chi connectivity index (χ4n) is 6.52. The number of nitriles is 1. The van der Waals surface area contributed by atoms with Crippen molar-refractivity contribution in [2.45, 2.75) is 56.7 Å². The van der Waals surface area contributed by atoms with E-state index < -0.39 is 34.7 Å². The van der Waals surface area contributed by atoms with Gasteiger partial charge in [0, 0.05) is 69.2 Å². The predicted octanol–water partition coefficient (Wildman–Crippen LogP) is 5.13. The number of aryl methyl sites for hydroxylation is 1. The summed E-state index contributed by atoms with van der Waals surface area (Å²) in [5.74, 6) is -3.15. The Labute approximate surface area is 244 Å². The third-order valence-electron chi connectivity index (χ3n) is 9.04. The molecular formula is C30H30F5N7O. The molecule has 0 amide bonds. The summed E-state index contributed by atoms with van der Waals surface area (Å²) < 4.78 is 74.8. The molecule has 226 valence electrons. The van der Waals surface area contributed by atoms with Crippen molar-refractivity contribution in [2.75, 3.05) is 13.1 Å². The Kier molecular flexibility index (Phi) is 6.95. The Morgan fingerprint density at radius 3 is 2.58 bits per heavy atom. The normalized spacial score (nSPS) is 24.1. The van der Waals surface area contributed by atoms with Gasteiger partial charge in [0.25, 0.3) is 5.92 Å². The van der Waals surface area contributed by atoms with Crippen LogP contribution >= 0.6 is 0 Å². The molecule has 4 heterocycles. The van der Waals surface area contributed by atoms with Crippen molar-refractivity contribution in [1.82, 2.24) is 28.6 Å². The lowest BCUT2D eigenvalue weighted by molar-refractivity contribution is -0.136. The van der Waals surface area contributed by atoms with E-state index in [1.807, 2.05) is 17.7 Å². The molecule has 2 fully saturated rings. The van der Waals surface area contributed by atoms with Crippen LogP contribution in [0.1, 0.15) is 48.7 Å². The van der Waals surface area contributed by atoms with E-state index in [1.165, 1.54) is 23.9 Å². The van der Waals surface area contributed by atoms with Gasteiger partial charge in [0.1, 0.15) is 12.2 Å². The summed E-state index contributed by atoms with van der Waals surface area (Å²) in [5.41, 5.74) is -0.921. The molecule has 43 heavy (non-hydrogen) atoms. The molecular weight excluding hydrogens is 569 g/mol. The quantitative estimate of drug-likeness (QED) is 0.287. The molecule has 1 aliphatic heterocycles. The van der Waals surface area contributed by atoms with Crippen molar-refractivity contribution >= 4 is 5.52 Å². The van der Waals surface area contributed by atoms with Crippen LogP contribution in [0.25, 0.3) is 11.2 Å². The van der Waals surface area contributed by atoms with Crippen LogP contribution in [0.15, 0.2) is 53.8 Å². The second kappa shape index (κ2) is 10.3. The molecule has 6 rings (SSSR count). The average molecular weight is 600 g/mol. The van der Waals surface area contributed by atoms with Gasteiger partial charge in [0.05, 0.1) is 22.8 Å². The number of pyridine rings is 1. The van der Waals surface area contributed by atoms with Gasteiger partial charge < -0.3 is 4.57 Å². The Balaban J connectivity index is 1.38. The number of hydrogen-bond acceptors (Lipinski definition) is 5. The summed E-state index contributed by atoms with van der Waals surface area (Å²) in [4.78, 5) is 15.3. The molecule has 13 heteroatoms. The number of alkyl halides is 5. The first-order valence-electron chi connectivity index (χ1n) is 14.1. The predicted molar refractivity (Wildman–Crippen MR) is 147 cm³/mol.